The lowest BCUT2D eigenvalue weighted by Gasteiger charge is -2.22. The van der Waals surface area contributed by atoms with Gasteiger partial charge in [0.2, 0.25) is 0 Å². The Morgan fingerprint density at radius 1 is 1.53 bits per heavy atom. The van der Waals surface area contributed by atoms with Gasteiger partial charge in [0.15, 0.2) is 0 Å². The summed E-state index contributed by atoms with van der Waals surface area (Å²) < 4.78 is 5.18. The smallest absolute Gasteiger partial charge is 0.137 e. The first-order valence-electron chi connectivity index (χ1n) is 6.99. The average Bonchev–Trinajstić information content (AvgIpc) is 2.88. The van der Waals surface area contributed by atoms with Crippen molar-refractivity contribution < 1.29 is 4.74 Å². The highest BCUT2D eigenvalue weighted by Crippen LogP contribution is 2.32. The van der Waals surface area contributed by atoms with Crippen molar-refractivity contribution in [3.05, 3.63) is 23.2 Å². The van der Waals surface area contributed by atoms with Gasteiger partial charge in [0.05, 0.1) is 12.1 Å². The summed E-state index contributed by atoms with van der Waals surface area (Å²) in [6, 6.07) is 6.30. The van der Waals surface area contributed by atoms with E-state index in [1.807, 2.05) is 12.1 Å². The second-order valence-electron chi connectivity index (χ2n) is 5.27. The molecule has 0 amide bonds. The van der Waals surface area contributed by atoms with Crippen LogP contribution in [0.25, 0.3) is 0 Å². The standard InChI is InChI=1S/C15H23ClN2O/c1-3-4-14(17)11-7-8-18(10-11)12-5-6-15(19-2)13(16)9-12/h5-6,9,11,14H,3-4,7-8,10,17H2,1-2H3. The van der Waals surface area contributed by atoms with Crippen LogP contribution >= 0.6 is 11.6 Å². The summed E-state index contributed by atoms with van der Waals surface area (Å²) in [5.74, 6) is 1.32. The van der Waals surface area contributed by atoms with Crippen LogP contribution in [-0.4, -0.2) is 26.2 Å². The molecule has 3 nitrogen and oxygen atoms in total. The van der Waals surface area contributed by atoms with Crippen LogP contribution in [0.4, 0.5) is 5.69 Å². The van der Waals surface area contributed by atoms with Gasteiger partial charge >= 0.3 is 0 Å². The molecule has 19 heavy (non-hydrogen) atoms. The fourth-order valence-electron chi connectivity index (χ4n) is 2.79. The summed E-state index contributed by atoms with van der Waals surface area (Å²) in [6.45, 7) is 4.28. The minimum absolute atomic E-state index is 0.323. The third-order valence-corrected chi connectivity index (χ3v) is 4.25. The number of halogens is 1. The minimum Gasteiger partial charge on any atom is -0.495 e. The molecule has 4 heteroatoms. The van der Waals surface area contributed by atoms with Crippen molar-refractivity contribution in [2.45, 2.75) is 32.2 Å². The van der Waals surface area contributed by atoms with Gasteiger partial charge in [0.25, 0.3) is 0 Å². The lowest BCUT2D eigenvalue weighted by molar-refractivity contribution is 0.415. The van der Waals surface area contributed by atoms with E-state index in [0.29, 0.717) is 17.0 Å². The molecular weight excluding hydrogens is 260 g/mol. The molecular formula is C15H23ClN2O. The molecule has 0 radical (unpaired) electrons. The van der Waals surface area contributed by atoms with E-state index < -0.39 is 0 Å². The molecule has 1 aromatic carbocycles. The quantitative estimate of drug-likeness (QED) is 0.900. The Labute approximate surface area is 120 Å². The second kappa shape index (κ2) is 6.49. The molecule has 1 saturated heterocycles. The molecule has 2 atom stereocenters. The predicted molar refractivity (Wildman–Crippen MR) is 81.2 cm³/mol. The number of hydrogen-bond acceptors (Lipinski definition) is 3. The maximum atomic E-state index is 6.23. The van der Waals surface area contributed by atoms with Crippen molar-refractivity contribution in [3.63, 3.8) is 0 Å². The van der Waals surface area contributed by atoms with Gasteiger partial charge < -0.3 is 15.4 Å². The Morgan fingerprint density at radius 3 is 2.95 bits per heavy atom. The lowest BCUT2D eigenvalue weighted by Crippen LogP contribution is -2.32. The van der Waals surface area contributed by atoms with Crippen LogP contribution in [0, 0.1) is 5.92 Å². The molecule has 1 aliphatic heterocycles. The highest BCUT2D eigenvalue weighted by molar-refractivity contribution is 6.32. The monoisotopic (exact) mass is 282 g/mol. The summed E-state index contributed by atoms with van der Waals surface area (Å²) in [4.78, 5) is 2.37. The third kappa shape index (κ3) is 3.34. The number of benzene rings is 1. The Balaban J connectivity index is 2.02. The van der Waals surface area contributed by atoms with Crippen molar-refractivity contribution in [2.75, 3.05) is 25.1 Å². The van der Waals surface area contributed by atoms with E-state index in [2.05, 4.69) is 17.9 Å². The van der Waals surface area contributed by atoms with E-state index >= 15 is 0 Å². The molecule has 0 aliphatic carbocycles. The molecule has 2 unspecified atom stereocenters. The number of nitrogens with two attached hydrogens (primary N) is 1. The third-order valence-electron chi connectivity index (χ3n) is 3.95. The topological polar surface area (TPSA) is 38.5 Å². The molecule has 1 aliphatic rings. The average molecular weight is 283 g/mol. The molecule has 0 bridgehead atoms. The van der Waals surface area contributed by atoms with Crippen molar-refractivity contribution in [3.8, 4) is 5.75 Å². The molecule has 2 N–H and O–H groups in total. The van der Waals surface area contributed by atoms with E-state index in [1.54, 1.807) is 7.11 Å². The van der Waals surface area contributed by atoms with E-state index in [1.165, 1.54) is 6.42 Å². The zero-order valence-corrected chi connectivity index (χ0v) is 12.5. The van der Waals surface area contributed by atoms with Crippen molar-refractivity contribution in [1.82, 2.24) is 0 Å². The second-order valence-corrected chi connectivity index (χ2v) is 5.67. The molecule has 0 saturated carbocycles. The highest BCUT2D eigenvalue weighted by atomic mass is 35.5. The fraction of sp³-hybridized carbons (Fsp3) is 0.600. The van der Waals surface area contributed by atoms with E-state index in [4.69, 9.17) is 22.1 Å². The van der Waals surface area contributed by atoms with Gasteiger partial charge in [0.1, 0.15) is 5.75 Å². The molecule has 1 fully saturated rings. The Morgan fingerprint density at radius 2 is 2.32 bits per heavy atom. The maximum absolute atomic E-state index is 6.23. The van der Waals surface area contributed by atoms with Crippen LogP contribution in [0.3, 0.4) is 0 Å². The Kier molecular flexibility index (Phi) is 4.94. The summed E-state index contributed by atoms with van der Waals surface area (Å²) in [7, 11) is 1.64. The lowest BCUT2D eigenvalue weighted by atomic mass is 9.96. The van der Waals surface area contributed by atoms with E-state index in [-0.39, 0.29) is 0 Å². The zero-order valence-electron chi connectivity index (χ0n) is 11.7. The Bertz CT molecular complexity index is 425. The molecule has 106 valence electrons. The molecule has 0 spiro atoms. The number of anilines is 1. The number of hydrogen-bond donors (Lipinski definition) is 1. The minimum atomic E-state index is 0.323. The summed E-state index contributed by atoms with van der Waals surface area (Å²) in [6.07, 6.45) is 3.44. The van der Waals surface area contributed by atoms with Crippen LogP contribution in [0.1, 0.15) is 26.2 Å². The summed E-state index contributed by atoms with van der Waals surface area (Å²) in [5, 5.41) is 0.668. The van der Waals surface area contributed by atoms with Crippen LogP contribution in [0.15, 0.2) is 18.2 Å². The van der Waals surface area contributed by atoms with Crippen molar-refractivity contribution >= 4 is 17.3 Å². The van der Waals surface area contributed by atoms with Crippen LogP contribution in [-0.2, 0) is 0 Å². The van der Waals surface area contributed by atoms with Crippen molar-refractivity contribution in [2.24, 2.45) is 11.7 Å². The van der Waals surface area contributed by atoms with Gasteiger partial charge in [0, 0.05) is 24.8 Å². The van der Waals surface area contributed by atoms with Crippen LogP contribution < -0.4 is 15.4 Å². The first kappa shape index (κ1) is 14.5. The fourth-order valence-corrected chi connectivity index (χ4v) is 3.04. The Hall–Kier alpha value is -0.930. The summed E-state index contributed by atoms with van der Waals surface area (Å²) in [5.41, 5.74) is 7.40. The maximum Gasteiger partial charge on any atom is 0.137 e. The normalized spacial score (nSPS) is 20.6. The van der Waals surface area contributed by atoms with Gasteiger partial charge in [-0.2, -0.15) is 0 Å². The van der Waals surface area contributed by atoms with Gasteiger partial charge in [-0.15, -0.1) is 0 Å². The molecule has 1 aromatic rings. The zero-order chi connectivity index (χ0) is 13.8. The number of ether oxygens (including phenoxy) is 1. The highest BCUT2D eigenvalue weighted by Gasteiger charge is 2.27. The number of nitrogens with zero attached hydrogens (tertiary/aromatic N) is 1. The first-order chi connectivity index (χ1) is 9.15. The van der Waals surface area contributed by atoms with E-state index in [0.717, 1.165) is 37.4 Å². The summed E-state index contributed by atoms with van der Waals surface area (Å²) >= 11 is 6.18. The SMILES string of the molecule is CCCC(N)C1CCN(c2ccc(OC)c(Cl)c2)C1. The van der Waals surface area contributed by atoms with Gasteiger partial charge in [-0.05, 0) is 37.0 Å². The number of methoxy groups -OCH3 is 1. The largest absolute Gasteiger partial charge is 0.495 e. The van der Waals surface area contributed by atoms with Crippen molar-refractivity contribution in [1.29, 1.82) is 0 Å². The van der Waals surface area contributed by atoms with Gasteiger partial charge in [-0.3, -0.25) is 0 Å². The molecule has 1 heterocycles. The number of rotatable bonds is 5. The van der Waals surface area contributed by atoms with Crippen LogP contribution in [0.5, 0.6) is 5.75 Å². The van der Waals surface area contributed by atoms with Gasteiger partial charge in [-0.1, -0.05) is 24.9 Å². The van der Waals surface area contributed by atoms with Gasteiger partial charge in [-0.25, -0.2) is 0 Å². The molecule has 2 rings (SSSR count). The molecule has 0 aromatic heterocycles. The van der Waals surface area contributed by atoms with Crippen LogP contribution in [0.2, 0.25) is 5.02 Å². The predicted octanol–water partition coefficient (Wildman–Crippen LogP) is 3.30. The van der Waals surface area contributed by atoms with E-state index in [9.17, 15) is 0 Å². The first-order valence-corrected chi connectivity index (χ1v) is 7.37.